The van der Waals surface area contributed by atoms with Gasteiger partial charge in [0, 0.05) is 0 Å². The molecule has 0 aromatic heterocycles. The van der Waals surface area contributed by atoms with Gasteiger partial charge in [0.1, 0.15) is 5.60 Å². The van der Waals surface area contributed by atoms with Crippen LogP contribution in [-0.2, 0) is 9.53 Å². The van der Waals surface area contributed by atoms with E-state index in [1.165, 1.54) is 38.5 Å². The van der Waals surface area contributed by atoms with Gasteiger partial charge >= 0.3 is 5.97 Å². The minimum absolute atomic E-state index is 0.0698. The third-order valence-electron chi connectivity index (χ3n) is 7.90. The fourth-order valence-electron chi connectivity index (χ4n) is 7.36. The van der Waals surface area contributed by atoms with Crippen LogP contribution in [0.3, 0.4) is 0 Å². The monoisotopic (exact) mass is 288 g/mol. The van der Waals surface area contributed by atoms with Crippen molar-refractivity contribution >= 4 is 5.97 Å². The Morgan fingerprint density at radius 3 is 1.95 bits per heavy atom. The fraction of sp³-hybridized carbons (Fsp3) is 0.947. The minimum Gasteiger partial charge on any atom is -0.459 e. The molecule has 0 radical (unpaired) electrons. The summed E-state index contributed by atoms with van der Waals surface area (Å²) >= 11 is 0. The molecule has 21 heavy (non-hydrogen) atoms. The molecule has 0 saturated heterocycles. The number of carbonyl (C=O) groups is 1. The normalized spacial score (nSPS) is 56.9. The fourth-order valence-corrected chi connectivity index (χ4v) is 7.36. The molecule has 0 aromatic rings. The van der Waals surface area contributed by atoms with Crippen molar-refractivity contribution in [2.45, 2.75) is 76.7 Å². The summed E-state index contributed by atoms with van der Waals surface area (Å²) in [6.45, 7) is 2.23. The van der Waals surface area contributed by atoms with Crippen molar-refractivity contribution in [3.8, 4) is 0 Å². The highest BCUT2D eigenvalue weighted by Crippen LogP contribution is 2.61. The van der Waals surface area contributed by atoms with Gasteiger partial charge in [-0.1, -0.05) is 0 Å². The number of ether oxygens (including phenoxy) is 1. The highest BCUT2D eigenvalue weighted by atomic mass is 16.6. The van der Waals surface area contributed by atoms with Crippen LogP contribution in [-0.4, -0.2) is 11.6 Å². The first-order valence-electron chi connectivity index (χ1n) is 9.28. The summed E-state index contributed by atoms with van der Waals surface area (Å²) in [5, 5.41) is 0. The van der Waals surface area contributed by atoms with E-state index in [0.29, 0.717) is 5.92 Å². The van der Waals surface area contributed by atoms with E-state index >= 15 is 0 Å². The average molecular weight is 288 g/mol. The maximum Gasteiger partial charge on any atom is 0.312 e. The lowest BCUT2D eigenvalue weighted by molar-refractivity contribution is -0.190. The smallest absolute Gasteiger partial charge is 0.312 e. The van der Waals surface area contributed by atoms with Crippen LogP contribution in [0.15, 0.2) is 0 Å². The molecule has 0 spiro atoms. The van der Waals surface area contributed by atoms with E-state index < -0.39 is 0 Å². The lowest BCUT2D eigenvalue weighted by Gasteiger charge is -2.55. The Morgan fingerprint density at radius 1 is 0.857 bits per heavy atom. The van der Waals surface area contributed by atoms with E-state index in [0.717, 1.165) is 49.4 Å². The van der Waals surface area contributed by atoms with Gasteiger partial charge < -0.3 is 4.74 Å². The first-order chi connectivity index (χ1) is 10.0. The molecule has 0 heterocycles. The molecule has 2 nitrogen and oxygen atoms in total. The predicted octanol–water partition coefficient (Wildman–Crippen LogP) is 4.32. The SMILES string of the molecule is C[C@@]1(OC(=O)C23CC4CC(CC(C4)C2)C3)C[C@H]2CC[C@@H]1C2. The van der Waals surface area contributed by atoms with Gasteiger partial charge in [-0.05, 0) is 101 Å². The molecule has 6 aliphatic carbocycles. The van der Waals surface area contributed by atoms with Crippen LogP contribution in [0, 0.1) is 35.0 Å². The molecule has 6 fully saturated rings. The molecule has 2 heteroatoms. The zero-order chi connectivity index (χ0) is 14.2. The van der Waals surface area contributed by atoms with Crippen molar-refractivity contribution in [3.05, 3.63) is 0 Å². The maximum atomic E-state index is 13.1. The van der Waals surface area contributed by atoms with Gasteiger partial charge in [0.2, 0.25) is 0 Å². The Morgan fingerprint density at radius 2 is 1.48 bits per heavy atom. The molecule has 3 atom stereocenters. The van der Waals surface area contributed by atoms with E-state index in [4.69, 9.17) is 4.74 Å². The number of esters is 1. The first-order valence-corrected chi connectivity index (χ1v) is 9.28. The second kappa shape index (κ2) is 4.06. The number of hydrogen-bond acceptors (Lipinski definition) is 2. The van der Waals surface area contributed by atoms with E-state index in [2.05, 4.69) is 6.92 Å². The quantitative estimate of drug-likeness (QED) is 0.707. The second-order valence-corrected chi connectivity index (χ2v) is 9.48. The van der Waals surface area contributed by atoms with Crippen molar-refractivity contribution in [2.24, 2.45) is 35.0 Å². The van der Waals surface area contributed by atoms with Crippen LogP contribution in [0.2, 0.25) is 0 Å². The van der Waals surface area contributed by atoms with Crippen LogP contribution in [0.25, 0.3) is 0 Å². The molecule has 6 bridgehead atoms. The Hall–Kier alpha value is -0.530. The number of fused-ring (bicyclic) bond motifs is 2. The van der Waals surface area contributed by atoms with Crippen molar-refractivity contribution in [2.75, 3.05) is 0 Å². The van der Waals surface area contributed by atoms with Crippen molar-refractivity contribution in [1.82, 2.24) is 0 Å². The highest BCUT2D eigenvalue weighted by Gasteiger charge is 2.58. The topological polar surface area (TPSA) is 26.3 Å². The molecule has 0 aliphatic heterocycles. The van der Waals surface area contributed by atoms with Gasteiger partial charge in [0.05, 0.1) is 5.41 Å². The third kappa shape index (κ3) is 1.80. The molecule has 6 aliphatic rings. The van der Waals surface area contributed by atoms with Crippen LogP contribution in [0.4, 0.5) is 0 Å². The summed E-state index contributed by atoms with van der Waals surface area (Å²) in [5.74, 6) is 4.19. The number of rotatable bonds is 2. The van der Waals surface area contributed by atoms with E-state index in [-0.39, 0.29) is 17.0 Å². The number of hydrogen-bond donors (Lipinski definition) is 0. The van der Waals surface area contributed by atoms with Gasteiger partial charge in [0.15, 0.2) is 0 Å². The van der Waals surface area contributed by atoms with Gasteiger partial charge in [-0.2, -0.15) is 0 Å². The summed E-state index contributed by atoms with van der Waals surface area (Å²) < 4.78 is 6.28. The minimum atomic E-state index is -0.122. The predicted molar refractivity (Wildman–Crippen MR) is 80.6 cm³/mol. The molecule has 116 valence electrons. The Bertz CT molecular complexity index is 447. The zero-order valence-electron chi connectivity index (χ0n) is 13.3. The Labute approximate surface area is 128 Å². The second-order valence-electron chi connectivity index (χ2n) is 9.48. The molecule has 0 amide bonds. The first kappa shape index (κ1) is 13.0. The molecule has 6 saturated carbocycles. The van der Waals surface area contributed by atoms with Gasteiger partial charge in [-0.25, -0.2) is 0 Å². The van der Waals surface area contributed by atoms with E-state index in [9.17, 15) is 4.79 Å². The third-order valence-corrected chi connectivity index (χ3v) is 7.90. The maximum absolute atomic E-state index is 13.1. The van der Waals surface area contributed by atoms with Crippen molar-refractivity contribution in [1.29, 1.82) is 0 Å². The molecule has 0 unspecified atom stereocenters. The van der Waals surface area contributed by atoms with Crippen LogP contribution in [0.5, 0.6) is 0 Å². The lowest BCUT2D eigenvalue weighted by atomic mass is 9.49. The largest absolute Gasteiger partial charge is 0.459 e. The zero-order valence-corrected chi connectivity index (χ0v) is 13.3. The van der Waals surface area contributed by atoms with Gasteiger partial charge in [-0.3, -0.25) is 4.79 Å². The van der Waals surface area contributed by atoms with E-state index in [1.54, 1.807) is 0 Å². The summed E-state index contributed by atoms with van der Waals surface area (Å²) in [6, 6.07) is 0. The van der Waals surface area contributed by atoms with Gasteiger partial charge in [-0.15, -0.1) is 0 Å². The molecular weight excluding hydrogens is 260 g/mol. The molecule has 6 rings (SSSR count). The molecule has 0 N–H and O–H groups in total. The van der Waals surface area contributed by atoms with Crippen molar-refractivity contribution < 1.29 is 9.53 Å². The summed E-state index contributed by atoms with van der Waals surface area (Å²) in [7, 11) is 0. The summed E-state index contributed by atoms with van der Waals surface area (Å²) in [6.07, 6.45) is 12.7. The van der Waals surface area contributed by atoms with Crippen LogP contribution in [0.1, 0.15) is 71.1 Å². The van der Waals surface area contributed by atoms with Gasteiger partial charge in [0.25, 0.3) is 0 Å². The average Bonchev–Trinajstić information content (AvgIpc) is 2.96. The number of carbonyl (C=O) groups excluding carboxylic acids is 1. The van der Waals surface area contributed by atoms with Crippen LogP contribution < -0.4 is 0 Å². The standard InChI is InChI=1S/C19H28O2/c1-18(8-12-2-3-16(18)7-12)21-17(20)19-9-13-4-14(10-19)6-15(5-13)11-19/h12-16H,2-11H2,1H3/t12-,13?,14?,15?,16+,18+,19?/m0/s1. The summed E-state index contributed by atoms with van der Waals surface area (Å²) in [5.41, 5.74) is -0.192. The summed E-state index contributed by atoms with van der Waals surface area (Å²) in [4.78, 5) is 13.1. The highest BCUT2D eigenvalue weighted by molar-refractivity contribution is 5.78. The molecular formula is C19H28O2. The Balaban J connectivity index is 1.37. The van der Waals surface area contributed by atoms with E-state index in [1.807, 2.05) is 0 Å². The molecule has 0 aromatic carbocycles. The van der Waals surface area contributed by atoms with Crippen molar-refractivity contribution in [3.63, 3.8) is 0 Å². The lowest BCUT2D eigenvalue weighted by Crippen LogP contribution is -2.52. The van der Waals surface area contributed by atoms with Crippen LogP contribution >= 0.6 is 0 Å². The Kier molecular flexibility index (Phi) is 2.50.